The van der Waals surface area contributed by atoms with Crippen LogP contribution in [0.4, 0.5) is 0 Å². The highest BCUT2D eigenvalue weighted by Crippen LogP contribution is 2.21. The highest BCUT2D eigenvalue weighted by atomic mass is 127. The molecule has 7 heteroatoms. The van der Waals surface area contributed by atoms with Gasteiger partial charge in [0, 0.05) is 13.1 Å². The molecule has 0 radical (unpaired) electrons. The number of ether oxygens (including phenoxy) is 2. The van der Waals surface area contributed by atoms with E-state index >= 15 is 0 Å². The van der Waals surface area contributed by atoms with Gasteiger partial charge >= 0.3 is 5.97 Å². The largest absolute Gasteiger partial charge is 0.496 e. The summed E-state index contributed by atoms with van der Waals surface area (Å²) in [4.78, 5) is 16.4. The predicted molar refractivity (Wildman–Crippen MR) is 112 cm³/mol. The van der Waals surface area contributed by atoms with Gasteiger partial charge in [0.1, 0.15) is 11.3 Å². The summed E-state index contributed by atoms with van der Waals surface area (Å²) in [6.07, 6.45) is 3.51. The minimum Gasteiger partial charge on any atom is -0.496 e. The summed E-state index contributed by atoms with van der Waals surface area (Å²) < 4.78 is 10.00. The quantitative estimate of drug-likeness (QED) is 0.193. The van der Waals surface area contributed by atoms with E-state index in [0.29, 0.717) is 17.9 Å². The van der Waals surface area contributed by atoms with E-state index in [0.717, 1.165) is 31.0 Å². The fraction of sp³-hybridized carbons (Fsp3) is 0.556. The van der Waals surface area contributed by atoms with Crippen LogP contribution in [0.15, 0.2) is 23.2 Å². The number of rotatable bonds is 9. The van der Waals surface area contributed by atoms with Crippen molar-refractivity contribution in [3.8, 4) is 5.75 Å². The molecule has 1 aromatic rings. The van der Waals surface area contributed by atoms with Gasteiger partial charge in [-0.15, -0.1) is 24.0 Å². The number of benzene rings is 1. The second-order valence-electron chi connectivity index (χ2n) is 5.36. The molecule has 0 saturated heterocycles. The molecule has 1 rings (SSSR count). The summed E-state index contributed by atoms with van der Waals surface area (Å²) >= 11 is 0. The summed E-state index contributed by atoms with van der Waals surface area (Å²) in [6, 6.07) is 5.42. The summed E-state index contributed by atoms with van der Waals surface area (Å²) in [5.41, 5.74) is 1.33. The van der Waals surface area contributed by atoms with Gasteiger partial charge < -0.3 is 20.1 Å². The highest BCUT2D eigenvalue weighted by molar-refractivity contribution is 14.0. The Morgan fingerprint density at radius 1 is 1.16 bits per heavy atom. The van der Waals surface area contributed by atoms with Crippen LogP contribution in [0.2, 0.25) is 0 Å². The molecule has 0 spiro atoms. The summed E-state index contributed by atoms with van der Waals surface area (Å²) in [5, 5.41) is 6.54. The van der Waals surface area contributed by atoms with Gasteiger partial charge in [0.2, 0.25) is 0 Å². The molecule has 142 valence electrons. The number of hydrogen-bond acceptors (Lipinski definition) is 4. The lowest BCUT2D eigenvalue weighted by atomic mass is 10.1. The molecule has 6 nitrogen and oxygen atoms in total. The minimum atomic E-state index is -0.415. The van der Waals surface area contributed by atoms with Crippen molar-refractivity contribution in [2.24, 2.45) is 4.99 Å². The summed E-state index contributed by atoms with van der Waals surface area (Å²) in [7, 11) is 2.89. The number of carbonyl (C=O) groups excluding carboxylic acids is 1. The van der Waals surface area contributed by atoms with E-state index in [9.17, 15) is 4.79 Å². The van der Waals surface area contributed by atoms with Crippen molar-refractivity contribution >= 4 is 35.9 Å². The van der Waals surface area contributed by atoms with Crippen molar-refractivity contribution in [1.82, 2.24) is 10.6 Å². The third kappa shape index (κ3) is 8.42. The van der Waals surface area contributed by atoms with Crippen molar-refractivity contribution in [1.29, 1.82) is 0 Å². The Hall–Kier alpha value is -1.51. The number of nitrogens with zero attached hydrogens (tertiary/aromatic N) is 1. The maximum Gasteiger partial charge on any atom is 0.341 e. The summed E-state index contributed by atoms with van der Waals surface area (Å²) in [6.45, 7) is 6.39. The number of nitrogens with one attached hydrogen (secondary N) is 2. The second kappa shape index (κ2) is 13.7. The molecular formula is C18H30IN3O3. The monoisotopic (exact) mass is 463 g/mol. The number of hydrogen-bond donors (Lipinski definition) is 2. The number of carbonyl (C=O) groups is 1. The molecule has 0 fully saturated rings. The van der Waals surface area contributed by atoms with E-state index in [2.05, 4.69) is 22.5 Å². The molecular weight excluding hydrogens is 433 g/mol. The van der Waals surface area contributed by atoms with Gasteiger partial charge in [-0.2, -0.15) is 0 Å². The first kappa shape index (κ1) is 23.5. The van der Waals surface area contributed by atoms with Gasteiger partial charge in [0.15, 0.2) is 5.96 Å². The maximum absolute atomic E-state index is 11.8. The zero-order valence-corrected chi connectivity index (χ0v) is 17.9. The number of unbranched alkanes of at least 4 members (excludes halogenated alkanes) is 2. The standard InChI is InChI=1S/C18H29N3O3.HI/c1-5-7-8-11-20-18(19-6-2)21-13-14-9-10-16(23-3)15(12-14)17(22)24-4;/h9-10,12H,5-8,11,13H2,1-4H3,(H2,19,20,21);1H. The van der Waals surface area contributed by atoms with E-state index in [1.165, 1.54) is 27.1 Å². The zero-order valence-electron chi connectivity index (χ0n) is 15.6. The SMILES string of the molecule is CCCCCNC(=NCc1ccc(OC)c(C(=O)OC)c1)NCC.I. The number of aliphatic imine (C=N–C) groups is 1. The van der Waals surface area contributed by atoms with Crippen molar-refractivity contribution in [3.05, 3.63) is 29.3 Å². The normalized spacial score (nSPS) is 10.6. The molecule has 0 aliphatic heterocycles. The van der Waals surface area contributed by atoms with E-state index in [4.69, 9.17) is 9.47 Å². The number of guanidine groups is 1. The van der Waals surface area contributed by atoms with Crippen LogP contribution in [0.3, 0.4) is 0 Å². The molecule has 25 heavy (non-hydrogen) atoms. The van der Waals surface area contributed by atoms with Crippen LogP contribution in [0.5, 0.6) is 5.75 Å². The van der Waals surface area contributed by atoms with Crippen LogP contribution in [0.25, 0.3) is 0 Å². The molecule has 0 atom stereocenters. The lowest BCUT2D eigenvalue weighted by Gasteiger charge is -2.12. The van der Waals surface area contributed by atoms with Gasteiger partial charge in [-0.25, -0.2) is 9.79 Å². The van der Waals surface area contributed by atoms with Crippen LogP contribution < -0.4 is 15.4 Å². The second-order valence-corrected chi connectivity index (χ2v) is 5.36. The van der Waals surface area contributed by atoms with E-state index in [1.807, 2.05) is 13.0 Å². The minimum absolute atomic E-state index is 0. The average molecular weight is 463 g/mol. The van der Waals surface area contributed by atoms with Crippen LogP contribution in [0.1, 0.15) is 49.0 Å². The molecule has 0 unspecified atom stereocenters. The van der Waals surface area contributed by atoms with E-state index in [-0.39, 0.29) is 24.0 Å². The van der Waals surface area contributed by atoms with Crippen molar-refractivity contribution in [3.63, 3.8) is 0 Å². The Morgan fingerprint density at radius 3 is 2.52 bits per heavy atom. The van der Waals surface area contributed by atoms with Crippen LogP contribution in [0, 0.1) is 0 Å². The van der Waals surface area contributed by atoms with Crippen LogP contribution in [-0.4, -0.2) is 39.2 Å². The molecule has 2 N–H and O–H groups in total. The molecule has 0 amide bonds. The fourth-order valence-electron chi connectivity index (χ4n) is 2.22. The van der Waals surface area contributed by atoms with E-state index in [1.54, 1.807) is 12.1 Å². The van der Waals surface area contributed by atoms with E-state index < -0.39 is 5.97 Å². The predicted octanol–water partition coefficient (Wildman–Crippen LogP) is 3.35. The van der Waals surface area contributed by atoms with Crippen molar-refractivity contribution in [2.45, 2.75) is 39.7 Å². The Bertz CT molecular complexity index is 550. The third-order valence-corrected chi connectivity index (χ3v) is 3.51. The number of methoxy groups -OCH3 is 2. The van der Waals surface area contributed by atoms with Gasteiger partial charge in [0.05, 0.1) is 20.8 Å². The van der Waals surface area contributed by atoms with Gasteiger partial charge in [-0.1, -0.05) is 25.8 Å². The number of halogens is 1. The lowest BCUT2D eigenvalue weighted by Crippen LogP contribution is -2.37. The third-order valence-electron chi connectivity index (χ3n) is 3.51. The average Bonchev–Trinajstić information content (AvgIpc) is 2.62. The highest BCUT2D eigenvalue weighted by Gasteiger charge is 2.13. The molecule has 0 bridgehead atoms. The Labute approximate surface area is 167 Å². The Balaban J connectivity index is 0.00000576. The molecule has 0 aliphatic carbocycles. The van der Waals surface area contributed by atoms with Crippen molar-refractivity contribution < 1.29 is 14.3 Å². The zero-order chi connectivity index (χ0) is 17.8. The van der Waals surface area contributed by atoms with Crippen LogP contribution >= 0.6 is 24.0 Å². The lowest BCUT2D eigenvalue weighted by molar-refractivity contribution is 0.0597. The fourth-order valence-corrected chi connectivity index (χ4v) is 2.22. The first-order valence-electron chi connectivity index (χ1n) is 8.43. The summed E-state index contributed by atoms with van der Waals surface area (Å²) in [5.74, 6) is 0.866. The molecule has 0 saturated carbocycles. The first-order valence-corrected chi connectivity index (χ1v) is 8.43. The molecule has 0 aromatic heterocycles. The number of esters is 1. The molecule has 0 heterocycles. The van der Waals surface area contributed by atoms with Gasteiger partial charge in [-0.3, -0.25) is 0 Å². The molecule has 1 aromatic carbocycles. The Morgan fingerprint density at radius 2 is 1.92 bits per heavy atom. The smallest absolute Gasteiger partial charge is 0.341 e. The van der Waals surface area contributed by atoms with Gasteiger partial charge in [-0.05, 0) is 31.0 Å². The van der Waals surface area contributed by atoms with Crippen LogP contribution in [-0.2, 0) is 11.3 Å². The Kier molecular flexibility index (Phi) is 12.9. The first-order chi connectivity index (χ1) is 11.7. The van der Waals surface area contributed by atoms with Crippen molar-refractivity contribution in [2.75, 3.05) is 27.3 Å². The maximum atomic E-state index is 11.8. The van der Waals surface area contributed by atoms with Gasteiger partial charge in [0.25, 0.3) is 0 Å². The molecule has 0 aliphatic rings. The topological polar surface area (TPSA) is 72.0 Å².